The SMILES string of the molecule is Cc1c(C(=O)O)ccc2nc(N)c(C3CCOCC3)nc12. The number of nitrogens with zero attached hydrogens (tertiary/aromatic N) is 2. The third kappa shape index (κ3) is 2.42. The van der Waals surface area contributed by atoms with E-state index in [0.717, 1.165) is 18.5 Å². The first kappa shape index (κ1) is 13.8. The number of nitrogen functional groups attached to an aromatic ring is 1. The number of anilines is 1. The van der Waals surface area contributed by atoms with Crippen LogP contribution < -0.4 is 5.73 Å². The molecule has 3 N–H and O–H groups in total. The molecule has 0 amide bonds. The van der Waals surface area contributed by atoms with Gasteiger partial charge in [-0.1, -0.05) is 0 Å². The van der Waals surface area contributed by atoms with Crippen LogP contribution >= 0.6 is 0 Å². The average molecular weight is 287 g/mol. The van der Waals surface area contributed by atoms with Gasteiger partial charge in [0.2, 0.25) is 0 Å². The van der Waals surface area contributed by atoms with Crippen molar-refractivity contribution in [2.45, 2.75) is 25.7 Å². The lowest BCUT2D eigenvalue weighted by atomic mass is 9.95. The summed E-state index contributed by atoms with van der Waals surface area (Å²) in [5.74, 6) is -0.305. The van der Waals surface area contributed by atoms with Crippen LogP contribution in [0.1, 0.15) is 40.4 Å². The van der Waals surface area contributed by atoms with E-state index in [0.29, 0.717) is 35.6 Å². The molecule has 0 aliphatic carbocycles. The lowest BCUT2D eigenvalue weighted by Crippen LogP contribution is -2.17. The summed E-state index contributed by atoms with van der Waals surface area (Å²) in [6, 6.07) is 3.20. The monoisotopic (exact) mass is 287 g/mol. The zero-order chi connectivity index (χ0) is 15.0. The first-order valence-electron chi connectivity index (χ1n) is 6.95. The molecule has 3 rings (SSSR count). The molecule has 2 heterocycles. The predicted molar refractivity (Wildman–Crippen MR) is 78.4 cm³/mol. The van der Waals surface area contributed by atoms with E-state index in [4.69, 9.17) is 10.5 Å². The molecule has 110 valence electrons. The molecule has 0 saturated carbocycles. The van der Waals surface area contributed by atoms with E-state index in [2.05, 4.69) is 9.97 Å². The van der Waals surface area contributed by atoms with Crippen LogP contribution in [-0.2, 0) is 4.74 Å². The highest BCUT2D eigenvalue weighted by molar-refractivity contribution is 5.95. The fraction of sp³-hybridized carbons (Fsp3) is 0.400. The van der Waals surface area contributed by atoms with Gasteiger partial charge >= 0.3 is 5.97 Å². The Kier molecular flexibility index (Phi) is 3.47. The number of fused-ring (bicyclic) bond motifs is 1. The number of ether oxygens (including phenoxy) is 1. The molecular formula is C15H17N3O3. The minimum absolute atomic E-state index is 0.225. The number of benzene rings is 1. The fourth-order valence-electron chi connectivity index (χ4n) is 2.79. The molecule has 1 saturated heterocycles. The molecule has 1 aromatic carbocycles. The minimum Gasteiger partial charge on any atom is -0.478 e. The Labute approximate surface area is 122 Å². The van der Waals surface area contributed by atoms with Crippen LogP contribution in [0.25, 0.3) is 11.0 Å². The predicted octanol–water partition coefficient (Wildman–Crippen LogP) is 2.11. The zero-order valence-electron chi connectivity index (χ0n) is 11.8. The van der Waals surface area contributed by atoms with Gasteiger partial charge in [0.25, 0.3) is 0 Å². The van der Waals surface area contributed by atoms with Crippen LogP contribution in [0.2, 0.25) is 0 Å². The Morgan fingerprint density at radius 2 is 2.05 bits per heavy atom. The molecule has 0 atom stereocenters. The smallest absolute Gasteiger partial charge is 0.336 e. The van der Waals surface area contributed by atoms with E-state index in [-0.39, 0.29) is 11.5 Å². The van der Waals surface area contributed by atoms with Crippen molar-refractivity contribution in [1.82, 2.24) is 9.97 Å². The number of carboxylic acids is 1. The van der Waals surface area contributed by atoms with Gasteiger partial charge in [0, 0.05) is 19.1 Å². The second kappa shape index (κ2) is 5.29. The zero-order valence-corrected chi connectivity index (χ0v) is 11.8. The highest BCUT2D eigenvalue weighted by Crippen LogP contribution is 2.31. The van der Waals surface area contributed by atoms with Crippen molar-refractivity contribution < 1.29 is 14.6 Å². The molecule has 6 nitrogen and oxygen atoms in total. The summed E-state index contributed by atoms with van der Waals surface area (Å²) in [5.41, 5.74) is 8.92. The Hall–Kier alpha value is -2.21. The highest BCUT2D eigenvalue weighted by atomic mass is 16.5. The molecule has 0 spiro atoms. The van der Waals surface area contributed by atoms with Crippen molar-refractivity contribution >= 4 is 22.8 Å². The first-order chi connectivity index (χ1) is 10.1. The topological polar surface area (TPSA) is 98.3 Å². The van der Waals surface area contributed by atoms with Gasteiger partial charge in [0.1, 0.15) is 5.82 Å². The van der Waals surface area contributed by atoms with Gasteiger partial charge in [0.15, 0.2) is 0 Å². The number of hydrogen-bond acceptors (Lipinski definition) is 5. The summed E-state index contributed by atoms with van der Waals surface area (Å²) in [4.78, 5) is 20.3. The number of rotatable bonds is 2. The van der Waals surface area contributed by atoms with Crippen molar-refractivity contribution in [2.75, 3.05) is 18.9 Å². The number of nitrogens with two attached hydrogens (primary N) is 1. The maximum Gasteiger partial charge on any atom is 0.336 e. The van der Waals surface area contributed by atoms with Gasteiger partial charge in [-0.25, -0.2) is 14.8 Å². The standard InChI is InChI=1S/C15H17N3O3/c1-8-10(15(19)20)2-3-11-12(8)18-13(14(16)17-11)9-4-6-21-7-5-9/h2-3,9H,4-7H2,1H3,(H2,16,17)(H,19,20). The van der Waals surface area contributed by atoms with Gasteiger partial charge < -0.3 is 15.6 Å². The molecule has 1 aromatic heterocycles. The molecule has 1 aliphatic rings. The Morgan fingerprint density at radius 3 is 2.71 bits per heavy atom. The average Bonchev–Trinajstić information content (AvgIpc) is 2.47. The summed E-state index contributed by atoms with van der Waals surface area (Å²) in [7, 11) is 0. The van der Waals surface area contributed by atoms with E-state index < -0.39 is 5.97 Å². The largest absolute Gasteiger partial charge is 0.478 e. The lowest BCUT2D eigenvalue weighted by Gasteiger charge is -2.22. The van der Waals surface area contributed by atoms with E-state index in [9.17, 15) is 9.90 Å². The maximum atomic E-state index is 11.2. The molecule has 6 heteroatoms. The normalized spacial score (nSPS) is 16.2. The van der Waals surface area contributed by atoms with Crippen LogP contribution in [0, 0.1) is 6.92 Å². The summed E-state index contributed by atoms with van der Waals surface area (Å²) in [6.07, 6.45) is 1.73. The summed E-state index contributed by atoms with van der Waals surface area (Å²) >= 11 is 0. The highest BCUT2D eigenvalue weighted by Gasteiger charge is 2.22. The van der Waals surface area contributed by atoms with Crippen molar-refractivity contribution in [3.63, 3.8) is 0 Å². The molecule has 0 bridgehead atoms. The molecule has 0 radical (unpaired) electrons. The number of carboxylic acid groups (broad SMARTS) is 1. The van der Waals surface area contributed by atoms with Gasteiger partial charge in [0.05, 0.1) is 22.3 Å². The number of aromatic nitrogens is 2. The van der Waals surface area contributed by atoms with Crippen molar-refractivity contribution in [1.29, 1.82) is 0 Å². The molecule has 2 aromatic rings. The quantitative estimate of drug-likeness (QED) is 0.877. The molecule has 1 aliphatic heterocycles. The van der Waals surface area contributed by atoms with E-state index in [1.54, 1.807) is 19.1 Å². The van der Waals surface area contributed by atoms with Crippen molar-refractivity contribution in [3.8, 4) is 0 Å². The Balaban J connectivity index is 2.15. The van der Waals surface area contributed by atoms with E-state index in [1.165, 1.54) is 0 Å². The van der Waals surface area contributed by atoms with Gasteiger partial charge in [-0.3, -0.25) is 0 Å². The molecule has 1 fully saturated rings. The fourth-order valence-corrected chi connectivity index (χ4v) is 2.79. The van der Waals surface area contributed by atoms with Crippen LogP contribution in [0.4, 0.5) is 5.82 Å². The Morgan fingerprint density at radius 1 is 1.33 bits per heavy atom. The first-order valence-corrected chi connectivity index (χ1v) is 6.95. The van der Waals surface area contributed by atoms with Gasteiger partial charge in [-0.15, -0.1) is 0 Å². The van der Waals surface area contributed by atoms with Crippen LogP contribution in [0.15, 0.2) is 12.1 Å². The second-order valence-corrected chi connectivity index (χ2v) is 5.29. The molecule has 0 unspecified atom stereocenters. The lowest BCUT2D eigenvalue weighted by molar-refractivity contribution is 0.0696. The van der Waals surface area contributed by atoms with Gasteiger partial charge in [-0.05, 0) is 37.5 Å². The third-order valence-electron chi connectivity index (χ3n) is 3.98. The Bertz CT molecular complexity index is 709. The van der Waals surface area contributed by atoms with E-state index in [1.807, 2.05) is 0 Å². The van der Waals surface area contributed by atoms with Crippen LogP contribution in [0.5, 0.6) is 0 Å². The third-order valence-corrected chi connectivity index (χ3v) is 3.98. The van der Waals surface area contributed by atoms with Crippen LogP contribution in [-0.4, -0.2) is 34.3 Å². The number of carbonyl (C=O) groups is 1. The van der Waals surface area contributed by atoms with Crippen LogP contribution in [0.3, 0.4) is 0 Å². The van der Waals surface area contributed by atoms with Crippen molar-refractivity contribution in [3.05, 3.63) is 29.0 Å². The second-order valence-electron chi connectivity index (χ2n) is 5.29. The molecular weight excluding hydrogens is 270 g/mol. The molecule has 21 heavy (non-hydrogen) atoms. The maximum absolute atomic E-state index is 11.2. The van der Waals surface area contributed by atoms with Gasteiger partial charge in [-0.2, -0.15) is 0 Å². The van der Waals surface area contributed by atoms with E-state index >= 15 is 0 Å². The summed E-state index contributed by atoms with van der Waals surface area (Å²) < 4.78 is 5.36. The number of aryl methyl sites for hydroxylation is 1. The summed E-state index contributed by atoms with van der Waals surface area (Å²) in [6.45, 7) is 3.14. The summed E-state index contributed by atoms with van der Waals surface area (Å²) in [5, 5.41) is 9.21. The minimum atomic E-state index is -0.958. The number of hydrogen-bond donors (Lipinski definition) is 2. The number of aromatic carboxylic acids is 1. The van der Waals surface area contributed by atoms with Crippen molar-refractivity contribution in [2.24, 2.45) is 0 Å².